The smallest absolute Gasteiger partial charge is 0.328 e. The van der Waals surface area contributed by atoms with Gasteiger partial charge in [-0.25, -0.2) is 9.78 Å². The lowest BCUT2D eigenvalue weighted by Crippen LogP contribution is -2.49. The third-order valence-electron chi connectivity index (χ3n) is 2.99. The molecule has 110 valence electrons. The molecule has 2 rings (SSSR count). The second kappa shape index (κ2) is 5.40. The van der Waals surface area contributed by atoms with Crippen LogP contribution in [-0.4, -0.2) is 27.5 Å². The quantitative estimate of drug-likeness (QED) is 0.900. The van der Waals surface area contributed by atoms with Crippen LogP contribution in [-0.2, 0) is 4.79 Å². The van der Waals surface area contributed by atoms with Crippen molar-refractivity contribution in [1.29, 1.82) is 0 Å². The van der Waals surface area contributed by atoms with Crippen LogP contribution in [0.3, 0.4) is 0 Å². The van der Waals surface area contributed by atoms with Gasteiger partial charge in [-0.3, -0.25) is 4.79 Å². The van der Waals surface area contributed by atoms with E-state index >= 15 is 0 Å². The number of carbonyl (C=O) groups is 2. The van der Waals surface area contributed by atoms with E-state index in [4.69, 9.17) is 9.52 Å². The van der Waals surface area contributed by atoms with Crippen LogP contribution in [0.5, 0.6) is 0 Å². The third-order valence-corrected chi connectivity index (χ3v) is 2.99. The van der Waals surface area contributed by atoms with E-state index in [2.05, 4.69) is 10.3 Å². The molecule has 1 amide bonds. The Balaban J connectivity index is 2.28. The van der Waals surface area contributed by atoms with Crippen molar-refractivity contribution >= 4 is 11.9 Å². The van der Waals surface area contributed by atoms with Gasteiger partial charge in [0.25, 0.3) is 5.91 Å². The van der Waals surface area contributed by atoms with Gasteiger partial charge in [-0.2, -0.15) is 0 Å². The van der Waals surface area contributed by atoms with Crippen molar-refractivity contribution in [3.63, 3.8) is 0 Å². The van der Waals surface area contributed by atoms with Crippen LogP contribution in [0.15, 0.2) is 34.7 Å². The Bertz CT molecular complexity index is 674. The van der Waals surface area contributed by atoms with Gasteiger partial charge in [0.2, 0.25) is 5.89 Å². The van der Waals surface area contributed by atoms with E-state index in [1.165, 1.54) is 13.8 Å². The summed E-state index contributed by atoms with van der Waals surface area (Å²) in [5.74, 6) is -1.04. The summed E-state index contributed by atoms with van der Waals surface area (Å²) in [7, 11) is 0. The summed E-state index contributed by atoms with van der Waals surface area (Å²) in [6.07, 6.45) is 0. The fraction of sp³-hybridized carbons (Fsp3) is 0.267. The molecule has 21 heavy (non-hydrogen) atoms. The number of hydrogen-bond acceptors (Lipinski definition) is 4. The average molecular weight is 288 g/mol. The van der Waals surface area contributed by atoms with Gasteiger partial charge in [-0.1, -0.05) is 18.2 Å². The Hall–Kier alpha value is -2.63. The zero-order valence-electron chi connectivity index (χ0n) is 12.0. The monoisotopic (exact) mass is 288 g/mol. The van der Waals surface area contributed by atoms with E-state index in [1.54, 1.807) is 6.92 Å². The van der Waals surface area contributed by atoms with Crippen molar-refractivity contribution in [3.8, 4) is 11.5 Å². The van der Waals surface area contributed by atoms with Crippen LogP contribution in [0.1, 0.15) is 30.1 Å². The first kappa shape index (κ1) is 14.8. The van der Waals surface area contributed by atoms with E-state index in [9.17, 15) is 9.59 Å². The van der Waals surface area contributed by atoms with Gasteiger partial charge in [0.15, 0.2) is 5.69 Å². The van der Waals surface area contributed by atoms with Gasteiger partial charge < -0.3 is 14.8 Å². The lowest BCUT2D eigenvalue weighted by molar-refractivity contribution is -0.143. The summed E-state index contributed by atoms with van der Waals surface area (Å²) in [6.45, 7) is 4.42. The molecule has 0 aliphatic heterocycles. The number of nitrogens with zero attached hydrogens (tertiary/aromatic N) is 1. The molecule has 0 fully saturated rings. The van der Waals surface area contributed by atoms with Crippen LogP contribution in [0, 0.1) is 6.92 Å². The lowest BCUT2D eigenvalue weighted by atomic mass is 10.1. The minimum atomic E-state index is -1.38. The number of aromatic nitrogens is 1. The Morgan fingerprint density at radius 1 is 1.24 bits per heavy atom. The molecular weight excluding hydrogens is 272 g/mol. The van der Waals surface area contributed by atoms with Crippen molar-refractivity contribution < 1.29 is 19.1 Å². The molecule has 0 radical (unpaired) electrons. The number of oxazole rings is 1. The van der Waals surface area contributed by atoms with Crippen molar-refractivity contribution in [2.24, 2.45) is 0 Å². The van der Waals surface area contributed by atoms with Crippen molar-refractivity contribution in [3.05, 3.63) is 41.8 Å². The molecule has 1 heterocycles. The third kappa shape index (κ3) is 3.10. The van der Waals surface area contributed by atoms with Gasteiger partial charge in [0.05, 0.1) is 0 Å². The number of hydrogen-bond donors (Lipinski definition) is 2. The van der Waals surface area contributed by atoms with Crippen LogP contribution < -0.4 is 5.32 Å². The number of aliphatic carboxylic acids is 1. The molecule has 0 aliphatic carbocycles. The molecule has 2 N–H and O–H groups in total. The molecule has 0 atom stereocenters. The fourth-order valence-electron chi connectivity index (χ4n) is 1.71. The minimum Gasteiger partial charge on any atom is -0.480 e. The Morgan fingerprint density at radius 2 is 1.86 bits per heavy atom. The molecule has 0 aliphatic rings. The highest BCUT2D eigenvalue weighted by molar-refractivity contribution is 5.97. The molecule has 0 saturated heterocycles. The van der Waals surface area contributed by atoms with Gasteiger partial charge in [0.1, 0.15) is 11.3 Å². The van der Waals surface area contributed by atoms with Gasteiger partial charge in [-0.15, -0.1) is 0 Å². The SMILES string of the molecule is Cc1oc(-c2ccccc2)nc1C(=O)NC(C)(C)C(=O)O. The second-order valence-electron chi connectivity index (χ2n) is 5.17. The Kier molecular flexibility index (Phi) is 3.80. The van der Waals surface area contributed by atoms with Crippen molar-refractivity contribution in [2.45, 2.75) is 26.3 Å². The zero-order valence-corrected chi connectivity index (χ0v) is 12.0. The molecule has 0 unspecified atom stereocenters. The number of aryl methyl sites for hydroxylation is 1. The van der Waals surface area contributed by atoms with E-state index in [1.807, 2.05) is 30.3 Å². The summed E-state index contributed by atoms with van der Waals surface area (Å²) in [4.78, 5) is 27.3. The maximum absolute atomic E-state index is 12.1. The maximum Gasteiger partial charge on any atom is 0.328 e. The van der Waals surface area contributed by atoms with Crippen molar-refractivity contribution in [2.75, 3.05) is 0 Å². The summed E-state index contributed by atoms with van der Waals surface area (Å²) < 4.78 is 5.48. The number of rotatable bonds is 4. The maximum atomic E-state index is 12.1. The second-order valence-corrected chi connectivity index (χ2v) is 5.17. The molecule has 6 nitrogen and oxygen atoms in total. The Labute approximate surface area is 121 Å². The minimum absolute atomic E-state index is 0.0863. The highest BCUT2D eigenvalue weighted by atomic mass is 16.4. The number of carboxylic acid groups (broad SMARTS) is 1. The summed E-state index contributed by atoms with van der Waals surface area (Å²) in [5, 5.41) is 11.4. The molecule has 1 aromatic heterocycles. The zero-order chi connectivity index (χ0) is 15.6. The first-order valence-corrected chi connectivity index (χ1v) is 6.40. The molecule has 2 aromatic rings. The molecular formula is C15H16N2O4. The summed E-state index contributed by atoms with van der Waals surface area (Å²) >= 11 is 0. The predicted octanol–water partition coefficient (Wildman–Crippen LogP) is 2.24. The van der Waals surface area contributed by atoms with Crippen LogP contribution in [0.4, 0.5) is 0 Å². The topological polar surface area (TPSA) is 92.4 Å². The number of nitrogens with one attached hydrogen (secondary N) is 1. The van der Waals surface area contributed by atoms with Gasteiger partial charge in [-0.05, 0) is 32.9 Å². The largest absolute Gasteiger partial charge is 0.480 e. The van der Waals surface area contributed by atoms with E-state index in [0.717, 1.165) is 5.56 Å². The van der Waals surface area contributed by atoms with Crippen LogP contribution in [0.25, 0.3) is 11.5 Å². The fourth-order valence-corrected chi connectivity index (χ4v) is 1.71. The Morgan fingerprint density at radius 3 is 2.43 bits per heavy atom. The molecule has 1 aromatic carbocycles. The predicted molar refractivity (Wildman–Crippen MR) is 75.9 cm³/mol. The molecule has 0 spiro atoms. The van der Waals surface area contributed by atoms with Crippen molar-refractivity contribution in [1.82, 2.24) is 10.3 Å². The van der Waals surface area contributed by atoms with Crippen LogP contribution >= 0.6 is 0 Å². The lowest BCUT2D eigenvalue weighted by Gasteiger charge is -2.20. The highest BCUT2D eigenvalue weighted by Gasteiger charge is 2.31. The van der Waals surface area contributed by atoms with E-state index in [0.29, 0.717) is 11.7 Å². The molecule has 0 saturated carbocycles. The van der Waals surface area contributed by atoms with Gasteiger partial charge >= 0.3 is 5.97 Å². The standard InChI is InChI=1S/C15H16N2O4/c1-9-11(12(18)17-15(2,3)14(19)20)16-13(21-9)10-7-5-4-6-8-10/h4-8H,1-3H3,(H,17,18)(H,19,20). The summed E-state index contributed by atoms with van der Waals surface area (Å²) in [6, 6.07) is 9.16. The number of carbonyl (C=O) groups excluding carboxylic acids is 1. The molecule has 6 heteroatoms. The summed E-state index contributed by atoms with van der Waals surface area (Å²) in [5.41, 5.74) is -0.546. The average Bonchev–Trinajstić information content (AvgIpc) is 2.81. The normalized spacial score (nSPS) is 11.2. The van der Waals surface area contributed by atoms with Gasteiger partial charge in [0, 0.05) is 5.56 Å². The van der Waals surface area contributed by atoms with Crippen LogP contribution in [0.2, 0.25) is 0 Å². The number of amides is 1. The number of benzene rings is 1. The first-order valence-electron chi connectivity index (χ1n) is 6.40. The van der Waals surface area contributed by atoms with E-state index in [-0.39, 0.29) is 5.69 Å². The highest BCUT2D eigenvalue weighted by Crippen LogP contribution is 2.21. The van der Waals surface area contributed by atoms with E-state index < -0.39 is 17.4 Å². The first-order chi connectivity index (χ1) is 9.81. The number of carboxylic acids is 1. The molecule has 0 bridgehead atoms.